The number of rotatable bonds is 5. The Hall–Kier alpha value is -2.57. The number of primary amides is 1. The first kappa shape index (κ1) is 21.1. The molecule has 2 amide bonds. The zero-order chi connectivity index (χ0) is 21.0. The Morgan fingerprint density at radius 1 is 1.14 bits per heavy atom. The highest BCUT2D eigenvalue weighted by atomic mass is 16.5. The number of esters is 1. The van der Waals surface area contributed by atoms with Crippen LogP contribution in [0.1, 0.15) is 55.8 Å². The predicted octanol–water partition coefficient (Wildman–Crippen LogP) is 2.24. The third-order valence-corrected chi connectivity index (χ3v) is 6.38. The standard InChI is InChI=1S/C22H31N3O4/c1-15-9-11-22(12-10-15,21(28)29-2)24-20(27)16-5-7-18(8-6-16)25-13-3-4-17(14-25)19(23)26/h5-8,15,17H,3-4,9-14H2,1-2H3,(H2,23,26)(H,24,27)/t15?,17-,22?/m1/s1. The summed E-state index contributed by atoms with van der Waals surface area (Å²) in [6.45, 7) is 3.62. The molecule has 7 heteroatoms. The van der Waals surface area contributed by atoms with E-state index in [4.69, 9.17) is 10.5 Å². The number of carbonyl (C=O) groups is 3. The zero-order valence-electron chi connectivity index (χ0n) is 17.3. The topological polar surface area (TPSA) is 102 Å². The van der Waals surface area contributed by atoms with Gasteiger partial charge in [-0.3, -0.25) is 9.59 Å². The number of anilines is 1. The maximum Gasteiger partial charge on any atom is 0.331 e. The van der Waals surface area contributed by atoms with Crippen LogP contribution in [0.4, 0.5) is 5.69 Å². The van der Waals surface area contributed by atoms with Crippen LogP contribution in [0.3, 0.4) is 0 Å². The molecule has 2 aliphatic rings. The summed E-state index contributed by atoms with van der Waals surface area (Å²) < 4.78 is 4.99. The van der Waals surface area contributed by atoms with Gasteiger partial charge in [0.05, 0.1) is 13.0 Å². The van der Waals surface area contributed by atoms with E-state index in [-0.39, 0.29) is 23.7 Å². The minimum Gasteiger partial charge on any atom is -0.467 e. The number of amides is 2. The molecule has 1 aliphatic carbocycles. The minimum atomic E-state index is -0.946. The molecule has 158 valence electrons. The SMILES string of the molecule is COC(=O)C1(NC(=O)c2ccc(N3CCC[C@@H](C(N)=O)C3)cc2)CCC(C)CC1. The van der Waals surface area contributed by atoms with Gasteiger partial charge in [-0.2, -0.15) is 0 Å². The number of carbonyl (C=O) groups excluding carboxylic acids is 3. The van der Waals surface area contributed by atoms with Gasteiger partial charge < -0.3 is 20.7 Å². The molecule has 1 aromatic rings. The number of nitrogens with zero attached hydrogens (tertiary/aromatic N) is 1. The fraction of sp³-hybridized carbons (Fsp3) is 0.591. The lowest BCUT2D eigenvalue weighted by molar-refractivity contribution is -0.150. The van der Waals surface area contributed by atoms with E-state index in [1.54, 1.807) is 12.1 Å². The fourth-order valence-electron chi connectivity index (χ4n) is 4.39. The third-order valence-electron chi connectivity index (χ3n) is 6.38. The molecule has 1 aliphatic heterocycles. The van der Waals surface area contributed by atoms with Crippen molar-refractivity contribution in [3.8, 4) is 0 Å². The van der Waals surface area contributed by atoms with Crippen molar-refractivity contribution in [2.75, 3.05) is 25.1 Å². The summed E-state index contributed by atoms with van der Waals surface area (Å²) in [6, 6.07) is 7.28. The van der Waals surface area contributed by atoms with Gasteiger partial charge in [0, 0.05) is 24.3 Å². The number of nitrogens with two attached hydrogens (primary N) is 1. The van der Waals surface area contributed by atoms with Crippen molar-refractivity contribution in [1.82, 2.24) is 5.32 Å². The Balaban J connectivity index is 1.69. The number of hydrogen-bond acceptors (Lipinski definition) is 5. The predicted molar refractivity (Wildman–Crippen MR) is 110 cm³/mol. The number of nitrogens with one attached hydrogen (secondary N) is 1. The van der Waals surface area contributed by atoms with Crippen molar-refractivity contribution in [2.45, 2.75) is 51.0 Å². The molecule has 0 aromatic heterocycles. The van der Waals surface area contributed by atoms with E-state index < -0.39 is 5.54 Å². The van der Waals surface area contributed by atoms with E-state index in [2.05, 4.69) is 17.1 Å². The van der Waals surface area contributed by atoms with E-state index in [1.165, 1.54) is 7.11 Å². The lowest BCUT2D eigenvalue weighted by Crippen LogP contribution is -2.56. The van der Waals surface area contributed by atoms with E-state index >= 15 is 0 Å². The van der Waals surface area contributed by atoms with Crippen LogP contribution < -0.4 is 16.0 Å². The second-order valence-electron chi connectivity index (χ2n) is 8.44. The lowest BCUT2D eigenvalue weighted by atomic mass is 9.77. The summed E-state index contributed by atoms with van der Waals surface area (Å²) in [7, 11) is 1.36. The van der Waals surface area contributed by atoms with Crippen molar-refractivity contribution < 1.29 is 19.1 Å². The highest BCUT2D eigenvalue weighted by Gasteiger charge is 2.43. The third kappa shape index (κ3) is 4.71. The lowest BCUT2D eigenvalue weighted by Gasteiger charge is -2.37. The largest absolute Gasteiger partial charge is 0.467 e. The van der Waals surface area contributed by atoms with Crippen molar-refractivity contribution in [1.29, 1.82) is 0 Å². The summed E-state index contributed by atoms with van der Waals surface area (Å²) >= 11 is 0. The van der Waals surface area contributed by atoms with Crippen LogP contribution in [0.5, 0.6) is 0 Å². The van der Waals surface area contributed by atoms with Gasteiger partial charge >= 0.3 is 5.97 Å². The first-order valence-electron chi connectivity index (χ1n) is 10.4. The van der Waals surface area contributed by atoms with Gasteiger partial charge in [0.15, 0.2) is 0 Å². The molecule has 1 atom stereocenters. The number of hydrogen-bond donors (Lipinski definition) is 2. The molecular weight excluding hydrogens is 370 g/mol. The van der Waals surface area contributed by atoms with E-state index in [0.29, 0.717) is 30.9 Å². The summed E-state index contributed by atoms with van der Waals surface area (Å²) in [5.41, 5.74) is 5.97. The summed E-state index contributed by atoms with van der Waals surface area (Å²) in [6.07, 6.45) is 4.67. The summed E-state index contributed by atoms with van der Waals surface area (Å²) in [5.74, 6) is -0.510. The van der Waals surface area contributed by atoms with Gasteiger partial charge in [0.1, 0.15) is 5.54 Å². The van der Waals surface area contributed by atoms with Gasteiger partial charge in [-0.05, 0) is 68.7 Å². The Kier molecular flexibility index (Phi) is 6.45. The number of ether oxygens (including phenoxy) is 1. The van der Waals surface area contributed by atoms with Gasteiger partial charge in [-0.25, -0.2) is 4.79 Å². The van der Waals surface area contributed by atoms with Gasteiger partial charge in [0.2, 0.25) is 5.91 Å². The molecule has 2 fully saturated rings. The van der Waals surface area contributed by atoms with Crippen LogP contribution in [0, 0.1) is 11.8 Å². The highest BCUT2D eigenvalue weighted by molar-refractivity contribution is 5.98. The van der Waals surface area contributed by atoms with Crippen LogP contribution >= 0.6 is 0 Å². The normalized spacial score (nSPS) is 27.2. The molecule has 0 bridgehead atoms. The second kappa shape index (κ2) is 8.84. The van der Waals surface area contributed by atoms with Gasteiger partial charge in [0.25, 0.3) is 5.91 Å². The molecule has 29 heavy (non-hydrogen) atoms. The van der Waals surface area contributed by atoms with Crippen molar-refractivity contribution >= 4 is 23.5 Å². The van der Waals surface area contributed by atoms with Crippen LogP contribution in [0.25, 0.3) is 0 Å². The average molecular weight is 402 g/mol. The number of piperidine rings is 1. The molecule has 3 N–H and O–H groups in total. The fourth-order valence-corrected chi connectivity index (χ4v) is 4.39. The maximum absolute atomic E-state index is 12.9. The number of methoxy groups -OCH3 is 1. The van der Waals surface area contributed by atoms with Gasteiger partial charge in [-0.15, -0.1) is 0 Å². The molecule has 0 radical (unpaired) electrons. The molecule has 7 nitrogen and oxygen atoms in total. The van der Waals surface area contributed by atoms with E-state index in [1.807, 2.05) is 12.1 Å². The Morgan fingerprint density at radius 3 is 2.38 bits per heavy atom. The molecule has 0 unspecified atom stereocenters. The Bertz CT molecular complexity index is 754. The first-order valence-corrected chi connectivity index (χ1v) is 10.4. The molecule has 0 spiro atoms. The molecule has 3 rings (SSSR count). The molecule has 1 saturated carbocycles. The monoisotopic (exact) mass is 401 g/mol. The summed E-state index contributed by atoms with van der Waals surface area (Å²) in [4.78, 5) is 38.9. The van der Waals surface area contributed by atoms with Crippen molar-refractivity contribution in [3.63, 3.8) is 0 Å². The van der Waals surface area contributed by atoms with E-state index in [9.17, 15) is 14.4 Å². The molecule has 1 aromatic carbocycles. The first-order chi connectivity index (χ1) is 13.8. The van der Waals surface area contributed by atoms with Crippen LogP contribution in [0.15, 0.2) is 24.3 Å². The minimum absolute atomic E-state index is 0.139. The summed E-state index contributed by atoms with van der Waals surface area (Å²) in [5, 5.41) is 2.95. The average Bonchev–Trinajstić information content (AvgIpc) is 2.75. The molecule has 1 saturated heterocycles. The smallest absolute Gasteiger partial charge is 0.331 e. The quantitative estimate of drug-likeness (QED) is 0.737. The van der Waals surface area contributed by atoms with Crippen LogP contribution in [-0.4, -0.2) is 43.5 Å². The molecular formula is C22H31N3O4. The molecule has 1 heterocycles. The van der Waals surface area contributed by atoms with Gasteiger partial charge in [-0.1, -0.05) is 6.92 Å². The highest BCUT2D eigenvalue weighted by Crippen LogP contribution is 2.33. The van der Waals surface area contributed by atoms with Crippen molar-refractivity contribution in [3.05, 3.63) is 29.8 Å². The number of benzene rings is 1. The second-order valence-corrected chi connectivity index (χ2v) is 8.44. The van der Waals surface area contributed by atoms with Crippen molar-refractivity contribution in [2.24, 2.45) is 17.6 Å². The Morgan fingerprint density at radius 2 is 1.79 bits per heavy atom. The van der Waals surface area contributed by atoms with Crippen LogP contribution in [0.2, 0.25) is 0 Å². The Labute approximate surface area is 172 Å². The maximum atomic E-state index is 12.9. The van der Waals surface area contributed by atoms with Crippen LogP contribution in [-0.2, 0) is 14.3 Å². The zero-order valence-corrected chi connectivity index (χ0v) is 17.3. The van der Waals surface area contributed by atoms with E-state index in [0.717, 1.165) is 37.9 Å².